The van der Waals surface area contributed by atoms with Gasteiger partial charge in [-0.15, -0.1) is 0 Å². The normalized spacial score (nSPS) is 20.8. The summed E-state index contributed by atoms with van der Waals surface area (Å²) in [6.45, 7) is 2.33. The molecule has 2 aromatic rings. The zero-order valence-electron chi connectivity index (χ0n) is 16.1. The molecular weight excluding hydrogens is 354 g/mol. The number of nitrogens with one attached hydrogen (secondary N) is 1. The average Bonchev–Trinajstić information content (AvgIpc) is 2.72. The Morgan fingerprint density at radius 1 is 1.25 bits per heavy atom. The van der Waals surface area contributed by atoms with Crippen LogP contribution < -0.4 is 10.1 Å². The molecule has 0 saturated carbocycles. The van der Waals surface area contributed by atoms with Gasteiger partial charge in [0, 0.05) is 12.5 Å². The minimum Gasteiger partial charge on any atom is -0.497 e. The lowest BCUT2D eigenvalue weighted by Gasteiger charge is -2.51. The molecular formula is C22H25N3O3. The lowest BCUT2D eigenvalue weighted by Crippen LogP contribution is -2.67. The van der Waals surface area contributed by atoms with Gasteiger partial charge in [0.15, 0.2) is 0 Å². The smallest absolute Gasteiger partial charge is 0.318 e. The number of hydrogen-bond donors (Lipinski definition) is 2. The molecule has 2 N–H and O–H groups in total. The first-order chi connectivity index (χ1) is 13.6. The van der Waals surface area contributed by atoms with Gasteiger partial charge in [-0.1, -0.05) is 43.3 Å². The van der Waals surface area contributed by atoms with Gasteiger partial charge in [-0.05, 0) is 35.2 Å². The number of nitriles is 1. The Kier molecular flexibility index (Phi) is 6.17. The minimum absolute atomic E-state index is 0.181. The van der Waals surface area contributed by atoms with E-state index in [0.29, 0.717) is 6.54 Å². The highest BCUT2D eigenvalue weighted by Gasteiger charge is 2.51. The number of likely N-dealkylation sites (tertiary alicyclic amines) is 1. The Labute approximate surface area is 165 Å². The summed E-state index contributed by atoms with van der Waals surface area (Å²) in [5.41, 5.74) is 3.01. The van der Waals surface area contributed by atoms with Crippen LogP contribution in [-0.4, -0.2) is 48.4 Å². The Morgan fingerprint density at radius 3 is 2.61 bits per heavy atom. The van der Waals surface area contributed by atoms with E-state index in [9.17, 15) is 15.2 Å². The molecule has 2 amide bonds. The van der Waals surface area contributed by atoms with Crippen LogP contribution >= 0.6 is 0 Å². The highest BCUT2D eigenvalue weighted by Crippen LogP contribution is 2.41. The van der Waals surface area contributed by atoms with Crippen molar-refractivity contribution in [3.63, 3.8) is 0 Å². The largest absolute Gasteiger partial charge is 0.497 e. The van der Waals surface area contributed by atoms with Crippen molar-refractivity contribution in [3.8, 4) is 22.9 Å². The van der Waals surface area contributed by atoms with Crippen LogP contribution in [0.1, 0.15) is 24.8 Å². The molecule has 28 heavy (non-hydrogen) atoms. The summed E-state index contributed by atoms with van der Waals surface area (Å²) in [4.78, 5) is 13.8. The first-order valence-corrected chi connectivity index (χ1v) is 9.45. The summed E-state index contributed by atoms with van der Waals surface area (Å²) in [7, 11) is 1.64. The quantitative estimate of drug-likeness (QED) is 0.807. The molecule has 1 aliphatic heterocycles. The van der Waals surface area contributed by atoms with Gasteiger partial charge >= 0.3 is 6.03 Å². The Hall–Kier alpha value is -3.04. The first kappa shape index (κ1) is 19.7. The van der Waals surface area contributed by atoms with E-state index in [-0.39, 0.29) is 18.6 Å². The van der Waals surface area contributed by atoms with Gasteiger partial charge in [0.25, 0.3) is 0 Å². The molecule has 1 saturated heterocycles. The van der Waals surface area contributed by atoms with Crippen molar-refractivity contribution in [2.24, 2.45) is 0 Å². The molecule has 6 heteroatoms. The molecule has 0 bridgehead atoms. The summed E-state index contributed by atoms with van der Waals surface area (Å²) in [5, 5.41) is 22.2. The lowest BCUT2D eigenvalue weighted by atomic mass is 9.76. The zero-order chi connectivity index (χ0) is 20.1. The van der Waals surface area contributed by atoms with Crippen molar-refractivity contribution >= 4 is 6.03 Å². The molecule has 3 atom stereocenters. The minimum atomic E-state index is -0.586. The van der Waals surface area contributed by atoms with E-state index in [1.165, 1.54) is 4.90 Å². The van der Waals surface area contributed by atoms with E-state index in [2.05, 4.69) is 11.4 Å². The fourth-order valence-corrected chi connectivity index (χ4v) is 3.71. The standard InChI is InChI=1S/C22H25N3O3/c1-3-11-24-22(27)25-19(13-23)21(20(25)14-26)16-9-7-15(8-10-16)17-5-4-6-18(12-17)28-2/h4-10,12,19-21,26H,3,11,14H2,1-2H3,(H,24,27)/t19-,20-,21-/m1/s1. The van der Waals surface area contributed by atoms with Gasteiger partial charge in [-0.25, -0.2) is 4.79 Å². The molecule has 0 radical (unpaired) electrons. The number of rotatable bonds is 6. The second-order valence-electron chi connectivity index (χ2n) is 6.84. The Morgan fingerprint density at radius 2 is 2.00 bits per heavy atom. The number of hydrogen-bond acceptors (Lipinski definition) is 4. The second-order valence-corrected chi connectivity index (χ2v) is 6.84. The number of aliphatic hydroxyl groups is 1. The molecule has 1 heterocycles. The molecule has 1 fully saturated rings. The molecule has 146 valence electrons. The number of amides is 2. The Bertz CT molecular complexity index is 860. The maximum absolute atomic E-state index is 12.3. The number of nitrogens with zero attached hydrogens (tertiary/aromatic N) is 2. The van der Waals surface area contributed by atoms with Crippen LogP contribution in [-0.2, 0) is 0 Å². The number of urea groups is 1. The molecule has 0 aromatic heterocycles. The number of carbonyl (C=O) groups excluding carboxylic acids is 1. The van der Waals surface area contributed by atoms with E-state index in [4.69, 9.17) is 4.74 Å². The van der Waals surface area contributed by atoms with E-state index in [0.717, 1.165) is 28.9 Å². The molecule has 2 aromatic carbocycles. The molecule has 1 aliphatic rings. The predicted molar refractivity (Wildman–Crippen MR) is 107 cm³/mol. The van der Waals surface area contributed by atoms with Crippen molar-refractivity contribution in [1.82, 2.24) is 10.2 Å². The SMILES string of the molecule is CCCNC(=O)N1[C@H](C#N)[C@@H](c2ccc(-c3cccc(OC)c3)cc2)[C@H]1CO. The zero-order valence-corrected chi connectivity index (χ0v) is 16.1. The lowest BCUT2D eigenvalue weighted by molar-refractivity contribution is 0.0169. The predicted octanol–water partition coefficient (Wildman–Crippen LogP) is 3.13. The van der Waals surface area contributed by atoms with E-state index in [1.807, 2.05) is 55.5 Å². The molecule has 0 unspecified atom stereocenters. The summed E-state index contributed by atoms with van der Waals surface area (Å²) < 4.78 is 5.28. The van der Waals surface area contributed by atoms with E-state index < -0.39 is 12.1 Å². The van der Waals surface area contributed by atoms with Crippen LogP contribution in [0, 0.1) is 11.3 Å². The monoisotopic (exact) mass is 379 g/mol. The summed E-state index contributed by atoms with van der Waals surface area (Å²) in [5.74, 6) is 0.584. The number of benzene rings is 2. The van der Waals surface area contributed by atoms with Gasteiger partial charge in [0.05, 0.1) is 25.8 Å². The van der Waals surface area contributed by atoms with E-state index >= 15 is 0 Å². The van der Waals surface area contributed by atoms with Gasteiger partial charge in [-0.3, -0.25) is 0 Å². The highest BCUT2D eigenvalue weighted by atomic mass is 16.5. The number of methoxy groups -OCH3 is 1. The fraction of sp³-hybridized carbons (Fsp3) is 0.364. The van der Waals surface area contributed by atoms with Gasteiger partial charge in [0.1, 0.15) is 11.8 Å². The van der Waals surface area contributed by atoms with Crippen molar-refractivity contribution in [3.05, 3.63) is 54.1 Å². The Balaban J connectivity index is 1.80. The average molecular weight is 379 g/mol. The fourth-order valence-electron chi connectivity index (χ4n) is 3.71. The van der Waals surface area contributed by atoms with Crippen molar-refractivity contribution in [2.75, 3.05) is 20.3 Å². The topological polar surface area (TPSA) is 85.6 Å². The summed E-state index contributed by atoms with van der Waals surface area (Å²) in [6.07, 6.45) is 0.815. The van der Waals surface area contributed by atoms with Crippen molar-refractivity contribution < 1.29 is 14.6 Å². The first-order valence-electron chi connectivity index (χ1n) is 9.45. The molecule has 0 spiro atoms. The van der Waals surface area contributed by atoms with Crippen LogP contribution in [0.5, 0.6) is 5.75 Å². The van der Waals surface area contributed by atoms with Gasteiger partial charge in [0.2, 0.25) is 0 Å². The van der Waals surface area contributed by atoms with Crippen LogP contribution in [0.4, 0.5) is 4.79 Å². The van der Waals surface area contributed by atoms with Crippen LogP contribution in [0.25, 0.3) is 11.1 Å². The third kappa shape index (κ3) is 3.67. The summed E-state index contributed by atoms with van der Waals surface area (Å²) >= 11 is 0. The number of carbonyl (C=O) groups is 1. The molecule has 0 aliphatic carbocycles. The van der Waals surface area contributed by atoms with Gasteiger partial charge in [-0.2, -0.15) is 5.26 Å². The summed E-state index contributed by atoms with van der Waals surface area (Å²) in [6, 6.07) is 16.7. The van der Waals surface area contributed by atoms with Crippen molar-refractivity contribution in [2.45, 2.75) is 31.3 Å². The highest BCUT2D eigenvalue weighted by molar-refractivity contribution is 5.77. The molecule has 3 rings (SSSR count). The molecule has 6 nitrogen and oxygen atoms in total. The van der Waals surface area contributed by atoms with Crippen molar-refractivity contribution in [1.29, 1.82) is 5.26 Å². The van der Waals surface area contributed by atoms with Crippen LogP contribution in [0.15, 0.2) is 48.5 Å². The third-order valence-electron chi connectivity index (χ3n) is 5.19. The van der Waals surface area contributed by atoms with Crippen LogP contribution in [0.2, 0.25) is 0 Å². The second kappa shape index (κ2) is 8.77. The maximum atomic E-state index is 12.3. The number of ether oxygens (including phenoxy) is 1. The van der Waals surface area contributed by atoms with E-state index in [1.54, 1.807) is 7.11 Å². The number of aliphatic hydroxyl groups excluding tert-OH is 1. The van der Waals surface area contributed by atoms with Gasteiger partial charge < -0.3 is 20.1 Å². The van der Waals surface area contributed by atoms with Crippen LogP contribution in [0.3, 0.4) is 0 Å². The maximum Gasteiger partial charge on any atom is 0.318 e. The third-order valence-corrected chi connectivity index (χ3v) is 5.19.